The minimum Gasteiger partial charge on any atom is -0.465 e. The molecule has 0 saturated heterocycles. The maximum Gasteiger partial charge on any atom is 0.434 e. The summed E-state index contributed by atoms with van der Waals surface area (Å²) in [5, 5.41) is -4.45. The predicted molar refractivity (Wildman–Crippen MR) is 89.8 cm³/mol. The van der Waals surface area contributed by atoms with E-state index in [2.05, 4.69) is 14.5 Å². The molecular formula is C16H18ClF5N2O4. The summed E-state index contributed by atoms with van der Waals surface area (Å²) in [7, 11) is 0.839. The van der Waals surface area contributed by atoms with Crippen LogP contribution in [-0.2, 0) is 21.0 Å². The van der Waals surface area contributed by atoms with Crippen molar-refractivity contribution in [2.75, 3.05) is 31.7 Å². The standard InChI is InChI=1S/C16H18ClF5N2O4/c1-5-24(6-2)10-8(13(25)27-4)11(15(17,18)19)23-12(16(20,21)22)9(10)14(26)28-7-3/h5-7H2,1-4H3. The summed E-state index contributed by atoms with van der Waals surface area (Å²) in [5.41, 5.74) is -6.53. The van der Waals surface area contributed by atoms with Gasteiger partial charge in [-0.05, 0) is 32.4 Å². The van der Waals surface area contributed by atoms with E-state index >= 15 is 0 Å². The summed E-state index contributed by atoms with van der Waals surface area (Å²) in [4.78, 5) is 28.5. The zero-order chi connectivity index (χ0) is 21.9. The van der Waals surface area contributed by atoms with Crippen LogP contribution in [0.2, 0.25) is 0 Å². The maximum atomic E-state index is 13.9. The Kier molecular flexibility index (Phi) is 7.58. The molecule has 1 heterocycles. The normalized spacial score (nSPS) is 11.9. The molecule has 0 aromatic carbocycles. The fourth-order valence-electron chi connectivity index (χ4n) is 2.53. The van der Waals surface area contributed by atoms with E-state index in [4.69, 9.17) is 11.6 Å². The van der Waals surface area contributed by atoms with Gasteiger partial charge in [-0.1, -0.05) is 0 Å². The monoisotopic (exact) mass is 432 g/mol. The molecule has 1 aromatic rings. The summed E-state index contributed by atoms with van der Waals surface area (Å²) >= 11 is 4.94. The Balaban J connectivity index is 4.26. The first kappa shape index (κ1) is 23.9. The smallest absolute Gasteiger partial charge is 0.434 e. The Morgan fingerprint density at radius 1 is 1.00 bits per heavy atom. The summed E-state index contributed by atoms with van der Waals surface area (Å²) in [6, 6.07) is 0. The molecule has 158 valence electrons. The summed E-state index contributed by atoms with van der Waals surface area (Å²) < 4.78 is 77.7. The van der Waals surface area contributed by atoms with Crippen molar-refractivity contribution in [2.24, 2.45) is 0 Å². The van der Waals surface area contributed by atoms with Crippen molar-refractivity contribution >= 4 is 29.2 Å². The van der Waals surface area contributed by atoms with Gasteiger partial charge in [0.2, 0.25) is 0 Å². The first-order chi connectivity index (χ1) is 12.8. The van der Waals surface area contributed by atoms with Gasteiger partial charge >= 0.3 is 23.5 Å². The largest absolute Gasteiger partial charge is 0.465 e. The number of methoxy groups -OCH3 is 1. The number of rotatable bonds is 7. The van der Waals surface area contributed by atoms with Gasteiger partial charge in [-0.3, -0.25) is 0 Å². The predicted octanol–water partition coefficient (Wildman–Crippen LogP) is 4.20. The molecule has 0 aliphatic carbocycles. The van der Waals surface area contributed by atoms with Gasteiger partial charge < -0.3 is 14.4 Å². The van der Waals surface area contributed by atoms with E-state index in [1.54, 1.807) is 0 Å². The fourth-order valence-corrected chi connectivity index (χ4v) is 2.67. The molecule has 0 atom stereocenters. The number of halogens is 6. The minimum atomic E-state index is -5.31. The van der Waals surface area contributed by atoms with Crippen LogP contribution in [0.25, 0.3) is 0 Å². The van der Waals surface area contributed by atoms with Crippen LogP contribution in [0.3, 0.4) is 0 Å². The number of nitrogens with zero attached hydrogens (tertiary/aromatic N) is 2. The van der Waals surface area contributed by atoms with E-state index in [1.165, 1.54) is 20.8 Å². The van der Waals surface area contributed by atoms with Crippen molar-refractivity contribution in [2.45, 2.75) is 32.3 Å². The second-order valence-corrected chi connectivity index (χ2v) is 5.76. The van der Waals surface area contributed by atoms with Gasteiger partial charge in [-0.2, -0.15) is 22.0 Å². The molecule has 0 aliphatic heterocycles. The van der Waals surface area contributed by atoms with E-state index in [-0.39, 0.29) is 19.7 Å². The van der Waals surface area contributed by atoms with Gasteiger partial charge in [-0.25, -0.2) is 14.6 Å². The Hall–Kier alpha value is -2.17. The second-order valence-electron chi connectivity index (χ2n) is 5.29. The molecule has 0 radical (unpaired) electrons. The molecule has 0 unspecified atom stereocenters. The maximum absolute atomic E-state index is 13.9. The summed E-state index contributed by atoms with van der Waals surface area (Å²) in [5.74, 6) is -2.90. The van der Waals surface area contributed by atoms with Gasteiger partial charge in [0.15, 0.2) is 5.69 Å². The van der Waals surface area contributed by atoms with Crippen molar-refractivity contribution < 1.29 is 41.0 Å². The van der Waals surface area contributed by atoms with Gasteiger partial charge in [0.1, 0.15) is 16.8 Å². The highest BCUT2D eigenvalue weighted by Gasteiger charge is 2.47. The quantitative estimate of drug-likeness (QED) is 0.365. The topological polar surface area (TPSA) is 68.7 Å². The highest BCUT2D eigenvalue weighted by molar-refractivity contribution is 6.22. The van der Waals surface area contributed by atoms with E-state index in [0.29, 0.717) is 0 Å². The highest BCUT2D eigenvalue weighted by Crippen LogP contribution is 2.44. The van der Waals surface area contributed by atoms with Crippen molar-refractivity contribution in [3.63, 3.8) is 0 Å². The Morgan fingerprint density at radius 3 is 1.86 bits per heavy atom. The molecule has 0 amide bonds. The number of carbonyl (C=O) groups is 2. The van der Waals surface area contributed by atoms with Crippen LogP contribution in [0, 0.1) is 0 Å². The zero-order valence-electron chi connectivity index (χ0n) is 15.4. The molecule has 1 rings (SSSR count). The van der Waals surface area contributed by atoms with E-state index in [9.17, 15) is 31.5 Å². The number of aromatic nitrogens is 1. The second kappa shape index (κ2) is 8.89. The lowest BCUT2D eigenvalue weighted by molar-refractivity contribution is -0.142. The van der Waals surface area contributed by atoms with Crippen LogP contribution in [-0.4, -0.2) is 43.7 Å². The molecule has 0 fully saturated rings. The third kappa shape index (κ3) is 4.81. The van der Waals surface area contributed by atoms with Gasteiger partial charge in [0.05, 0.1) is 19.4 Å². The number of pyridine rings is 1. The molecule has 1 aromatic heterocycles. The van der Waals surface area contributed by atoms with Crippen LogP contribution in [0.15, 0.2) is 0 Å². The third-order valence-corrected chi connectivity index (χ3v) is 3.84. The lowest BCUT2D eigenvalue weighted by Gasteiger charge is -2.29. The Morgan fingerprint density at radius 2 is 1.50 bits per heavy atom. The van der Waals surface area contributed by atoms with Crippen molar-refractivity contribution in [3.8, 4) is 0 Å². The zero-order valence-corrected chi connectivity index (χ0v) is 16.2. The minimum absolute atomic E-state index is 0.0263. The first-order valence-corrected chi connectivity index (χ1v) is 8.45. The molecule has 0 N–H and O–H groups in total. The van der Waals surface area contributed by atoms with Crippen LogP contribution < -0.4 is 4.90 Å². The van der Waals surface area contributed by atoms with E-state index in [1.807, 2.05) is 0 Å². The van der Waals surface area contributed by atoms with E-state index in [0.717, 1.165) is 12.0 Å². The van der Waals surface area contributed by atoms with Crippen LogP contribution in [0.5, 0.6) is 0 Å². The molecule has 28 heavy (non-hydrogen) atoms. The molecular weight excluding hydrogens is 415 g/mol. The number of hydrogen-bond donors (Lipinski definition) is 0. The number of ether oxygens (including phenoxy) is 2. The SMILES string of the molecule is CCOC(=O)c1c(C(F)(F)F)nc(C(F)(F)Cl)c(C(=O)OC)c1N(CC)CC. The molecule has 0 aliphatic rings. The fraction of sp³-hybridized carbons (Fsp3) is 0.562. The van der Waals surface area contributed by atoms with Gasteiger partial charge in [-0.15, -0.1) is 0 Å². The van der Waals surface area contributed by atoms with Crippen LogP contribution in [0.4, 0.5) is 27.6 Å². The Labute approximate surface area is 162 Å². The van der Waals surface area contributed by atoms with Gasteiger partial charge in [0.25, 0.3) is 0 Å². The molecule has 0 bridgehead atoms. The molecule has 0 spiro atoms. The van der Waals surface area contributed by atoms with Crippen LogP contribution in [0.1, 0.15) is 52.9 Å². The van der Waals surface area contributed by atoms with Crippen molar-refractivity contribution in [1.29, 1.82) is 0 Å². The lowest BCUT2D eigenvalue weighted by atomic mass is 10.0. The number of anilines is 1. The van der Waals surface area contributed by atoms with Crippen molar-refractivity contribution in [3.05, 3.63) is 22.5 Å². The highest BCUT2D eigenvalue weighted by atomic mass is 35.5. The molecule has 6 nitrogen and oxygen atoms in total. The first-order valence-electron chi connectivity index (χ1n) is 8.07. The Bertz CT molecular complexity index is 746. The number of esters is 2. The summed E-state index contributed by atoms with van der Waals surface area (Å²) in [6.07, 6.45) is -5.31. The van der Waals surface area contributed by atoms with E-state index < -0.39 is 51.7 Å². The molecule has 0 saturated carbocycles. The van der Waals surface area contributed by atoms with Crippen LogP contribution >= 0.6 is 11.6 Å². The number of alkyl halides is 6. The number of carbonyl (C=O) groups excluding carboxylic acids is 2. The average molecular weight is 433 g/mol. The number of hydrogen-bond acceptors (Lipinski definition) is 6. The summed E-state index contributed by atoms with van der Waals surface area (Å²) in [6.45, 7) is 3.98. The average Bonchev–Trinajstić information content (AvgIpc) is 2.59. The third-order valence-electron chi connectivity index (χ3n) is 3.66. The lowest BCUT2D eigenvalue weighted by Crippen LogP contribution is -2.33. The molecule has 12 heteroatoms. The van der Waals surface area contributed by atoms with Crippen molar-refractivity contribution in [1.82, 2.24) is 4.98 Å². The van der Waals surface area contributed by atoms with Gasteiger partial charge in [0, 0.05) is 13.1 Å².